The van der Waals surface area contributed by atoms with Crippen molar-refractivity contribution in [2.24, 2.45) is 0 Å². The van der Waals surface area contributed by atoms with Gasteiger partial charge in [0.25, 0.3) is 0 Å². The lowest BCUT2D eigenvalue weighted by atomic mass is 10.1. The Bertz CT molecular complexity index is 901. The van der Waals surface area contributed by atoms with Gasteiger partial charge < -0.3 is 15.2 Å². The minimum atomic E-state index is -0.258. The fraction of sp³-hybridized carbons (Fsp3) is 0.316. The van der Waals surface area contributed by atoms with E-state index in [1.807, 2.05) is 25.4 Å². The van der Waals surface area contributed by atoms with Gasteiger partial charge in [-0.1, -0.05) is 0 Å². The summed E-state index contributed by atoms with van der Waals surface area (Å²) in [6.45, 7) is 3.88. The van der Waals surface area contributed by atoms with Gasteiger partial charge >= 0.3 is 0 Å². The third-order valence-electron chi connectivity index (χ3n) is 4.69. The van der Waals surface area contributed by atoms with Crippen LogP contribution in [-0.4, -0.2) is 32.6 Å². The van der Waals surface area contributed by atoms with E-state index in [2.05, 4.69) is 30.2 Å². The molecule has 2 aromatic heterocycles. The number of aromatic nitrogens is 4. The highest BCUT2D eigenvalue weighted by molar-refractivity contribution is 5.60. The van der Waals surface area contributed by atoms with Crippen LogP contribution in [0.4, 0.5) is 16.0 Å². The van der Waals surface area contributed by atoms with E-state index in [1.165, 1.54) is 12.1 Å². The molecule has 134 valence electrons. The molecule has 0 aliphatic carbocycles. The molecule has 6 nitrogen and oxygen atoms in total. The van der Waals surface area contributed by atoms with Crippen LogP contribution in [0.1, 0.15) is 24.4 Å². The van der Waals surface area contributed by atoms with Crippen molar-refractivity contribution in [2.75, 3.05) is 18.4 Å². The number of halogens is 1. The highest BCUT2D eigenvalue weighted by atomic mass is 19.1. The SMILES string of the molecule is Cc1cc(F)ccc1Nc1nccc(-c2nccn2C2CCNCC2)n1. The molecule has 0 saturated carbocycles. The first-order valence-corrected chi connectivity index (χ1v) is 8.81. The van der Waals surface area contributed by atoms with Crippen molar-refractivity contribution in [3.63, 3.8) is 0 Å². The first-order chi connectivity index (χ1) is 12.7. The third-order valence-corrected chi connectivity index (χ3v) is 4.69. The second-order valence-electron chi connectivity index (χ2n) is 6.49. The van der Waals surface area contributed by atoms with Crippen LogP contribution in [0.5, 0.6) is 0 Å². The summed E-state index contributed by atoms with van der Waals surface area (Å²) in [6.07, 6.45) is 7.70. The maximum absolute atomic E-state index is 13.3. The molecule has 26 heavy (non-hydrogen) atoms. The first-order valence-electron chi connectivity index (χ1n) is 8.81. The lowest BCUT2D eigenvalue weighted by Gasteiger charge is -2.25. The number of benzene rings is 1. The summed E-state index contributed by atoms with van der Waals surface area (Å²) >= 11 is 0. The molecule has 3 heterocycles. The number of aryl methyl sites for hydroxylation is 1. The zero-order valence-electron chi connectivity index (χ0n) is 14.6. The van der Waals surface area contributed by atoms with E-state index in [1.54, 1.807) is 12.3 Å². The van der Waals surface area contributed by atoms with Crippen molar-refractivity contribution in [3.8, 4) is 11.5 Å². The molecule has 0 radical (unpaired) electrons. The molecule has 1 fully saturated rings. The van der Waals surface area contributed by atoms with Crippen molar-refractivity contribution in [1.29, 1.82) is 0 Å². The van der Waals surface area contributed by atoms with Gasteiger partial charge in [-0.25, -0.2) is 19.3 Å². The zero-order chi connectivity index (χ0) is 17.9. The average Bonchev–Trinajstić information content (AvgIpc) is 3.15. The minimum Gasteiger partial charge on any atom is -0.327 e. The second-order valence-corrected chi connectivity index (χ2v) is 6.49. The van der Waals surface area contributed by atoms with Crippen LogP contribution in [0, 0.1) is 12.7 Å². The van der Waals surface area contributed by atoms with E-state index in [9.17, 15) is 4.39 Å². The molecule has 1 aromatic carbocycles. The molecule has 0 unspecified atom stereocenters. The van der Waals surface area contributed by atoms with Crippen molar-refractivity contribution < 1.29 is 4.39 Å². The van der Waals surface area contributed by atoms with Crippen molar-refractivity contribution >= 4 is 11.6 Å². The Morgan fingerprint density at radius 1 is 1.15 bits per heavy atom. The molecule has 7 heteroatoms. The molecule has 3 aromatic rings. The molecular weight excluding hydrogens is 331 g/mol. The largest absolute Gasteiger partial charge is 0.327 e. The van der Waals surface area contributed by atoms with Gasteiger partial charge in [0, 0.05) is 30.3 Å². The van der Waals surface area contributed by atoms with Gasteiger partial charge in [-0.3, -0.25) is 0 Å². The number of nitrogens with one attached hydrogen (secondary N) is 2. The number of piperidine rings is 1. The van der Waals surface area contributed by atoms with Crippen LogP contribution >= 0.6 is 0 Å². The van der Waals surface area contributed by atoms with Crippen molar-refractivity contribution in [3.05, 3.63) is 54.2 Å². The standard InChI is InChI=1S/C19H21FN6/c1-13-12-14(20)2-3-16(13)24-19-23-9-6-17(25-19)18-22-10-11-26(18)15-4-7-21-8-5-15/h2-3,6,9-12,15,21H,4-5,7-8H2,1H3,(H,23,24,25). The normalized spacial score (nSPS) is 15.2. The van der Waals surface area contributed by atoms with Crippen LogP contribution in [0.25, 0.3) is 11.5 Å². The van der Waals surface area contributed by atoms with Crippen LogP contribution < -0.4 is 10.6 Å². The number of hydrogen-bond acceptors (Lipinski definition) is 5. The lowest BCUT2D eigenvalue weighted by Crippen LogP contribution is -2.29. The van der Waals surface area contributed by atoms with E-state index in [0.29, 0.717) is 12.0 Å². The van der Waals surface area contributed by atoms with Crippen LogP contribution in [0.15, 0.2) is 42.9 Å². The molecule has 0 spiro atoms. The van der Waals surface area contributed by atoms with E-state index >= 15 is 0 Å². The van der Waals surface area contributed by atoms with Gasteiger partial charge in [-0.05, 0) is 62.7 Å². The summed E-state index contributed by atoms with van der Waals surface area (Å²) in [6, 6.07) is 6.89. The fourth-order valence-electron chi connectivity index (χ4n) is 3.32. The molecule has 1 aliphatic heterocycles. The van der Waals surface area contributed by atoms with Gasteiger partial charge in [0.15, 0.2) is 5.82 Å². The predicted octanol–water partition coefficient (Wildman–Crippen LogP) is 3.46. The number of anilines is 2. The highest BCUT2D eigenvalue weighted by Crippen LogP contribution is 2.26. The average molecular weight is 352 g/mol. The van der Waals surface area contributed by atoms with E-state index in [-0.39, 0.29) is 5.82 Å². The predicted molar refractivity (Wildman–Crippen MR) is 98.8 cm³/mol. The van der Waals surface area contributed by atoms with Crippen molar-refractivity contribution in [2.45, 2.75) is 25.8 Å². The van der Waals surface area contributed by atoms with Crippen LogP contribution in [0.3, 0.4) is 0 Å². The summed E-state index contributed by atoms with van der Waals surface area (Å²) in [4.78, 5) is 13.4. The summed E-state index contributed by atoms with van der Waals surface area (Å²) in [5.41, 5.74) is 2.35. The number of rotatable bonds is 4. The zero-order valence-corrected chi connectivity index (χ0v) is 14.6. The topological polar surface area (TPSA) is 67.7 Å². The van der Waals surface area contributed by atoms with Gasteiger partial charge in [-0.2, -0.15) is 0 Å². The van der Waals surface area contributed by atoms with E-state index < -0.39 is 0 Å². The minimum absolute atomic E-state index is 0.258. The first kappa shape index (κ1) is 16.7. The molecule has 0 amide bonds. The Kier molecular flexibility index (Phi) is 4.62. The fourth-order valence-corrected chi connectivity index (χ4v) is 3.32. The maximum atomic E-state index is 13.3. The summed E-state index contributed by atoms with van der Waals surface area (Å²) in [5, 5.41) is 6.55. The van der Waals surface area contributed by atoms with E-state index in [0.717, 1.165) is 48.7 Å². The Morgan fingerprint density at radius 2 is 2.00 bits per heavy atom. The Balaban J connectivity index is 1.61. The number of hydrogen-bond donors (Lipinski definition) is 2. The quantitative estimate of drug-likeness (QED) is 0.753. The van der Waals surface area contributed by atoms with Crippen LogP contribution in [0.2, 0.25) is 0 Å². The summed E-state index contributed by atoms with van der Waals surface area (Å²) < 4.78 is 15.5. The molecule has 1 aliphatic rings. The molecule has 1 saturated heterocycles. The van der Waals surface area contributed by atoms with E-state index in [4.69, 9.17) is 0 Å². The van der Waals surface area contributed by atoms with Crippen molar-refractivity contribution in [1.82, 2.24) is 24.8 Å². The summed E-state index contributed by atoms with van der Waals surface area (Å²) in [5.74, 6) is 1.06. The number of nitrogens with zero attached hydrogens (tertiary/aromatic N) is 4. The monoisotopic (exact) mass is 352 g/mol. The maximum Gasteiger partial charge on any atom is 0.227 e. The van der Waals surface area contributed by atoms with Gasteiger partial charge in [0.05, 0.1) is 0 Å². The Morgan fingerprint density at radius 3 is 2.81 bits per heavy atom. The molecule has 0 atom stereocenters. The van der Waals surface area contributed by atoms with Crippen LogP contribution in [-0.2, 0) is 0 Å². The molecular formula is C19H21FN6. The molecule has 2 N–H and O–H groups in total. The highest BCUT2D eigenvalue weighted by Gasteiger charge is 2.19. The molecule has 0 bridgehead atoms. The van der Waals surface area contributed by atoms with Gasteiger partial charge in [0.2, 0.25) is 5.95 Å². The Labute approximate surface area is 151 Å². The third kappa shape index (κ3) is 3.43. The lowest BCUT2D eigenvalue weighted by molar-refractivity contribution is 0.370. The smallest absolute Gasteiger partial charge is 0.227 e. The summed E-state index contributed by atoms with van der Waals surface area (Å²) in [7, 11) is 0. The van der Waals surface area contributed by atoms with Gasteiger partial charge in [-0.15, -0.1) is 0 Å². The Hall–Kier alpha value is -2.80. The number of imidazole rings is 1. The van der Waals surface area contributed by atoms with Gasteiger partial charge in [0.1, 0.15) is 11.5 Å². The second kappa shape index (κ2) is 7.21. The molecule has 4 rings (SSSR count).